The molecule has 4 rings (SSSR count). The van der Waals surface area contributed by atoms with Gasteiger partial charge in [0.2, 0.25) is 5.91 Å². The molecule has 0 N–H and O–H groups in total. The number of amides is 1. The highest BCUT2D eigenvalue weighted by atomic mass is 16.5. The van der Waals surface area contributed by atoms with E-state index in [4.69, 9.17) is 4.74 Å². The Balaban J connectivity index is 1.31. The highest BCUT2D eigenvalue weighted by Gasteiger charge is 2.27. The van der Waals surface area contributed by atoms with E-state index in [9.17, 15) is 4.79 Å². The lowest BCUT2D eigenvalue weighted by molar-refractivity contribution is -0.138. The SMILES string of the molecule is CC(C)C(=O)N1CCCC[C@@H]1CCOc1cccc(CN(C)Cc2cccc3cccnc23)c1. The Bertz CT molecular complexity index is 1090. The standard InChI is InChI=1S/C29H37N3O2/c1-22(2)29(33)32-17-5-4-13-26(32)15-18-34-27-14-6-9-23(19-27)20-31(3)21-25-11-7-10-24-12-8-16-30-28(24)25/h6-12,14,16,19,22,26H,4-5,13,15,17-18,20-21H2,1-3H3/t26-/m1/s1. The van der Waals surface area contributed by atoms with Gasteiger partial charge in [0.15, 0.2) is 0 Å². The quantitative estimate of drug-likeness (QED) is 0.413. The van der Waals surface area contributed by atoms with Crippen LogP contribution in [0.2, 0.25) is 0 Å². The summed E-state index contributed by atoms with van der Waals surface area (Å²) in [6.45, 7) is 7.16. The molecule has 1 saturated heterocycles. The van der Waals surface area contributed by atoms with E-state index < -0.39 is 0 Å². The number of hydrogen-bond donors (Lipinski definition) is 0. The van der Waals surface area contributed by atoms with Crippen LogP contribution < -0.4 is 4.74 Å². The summed E-state index contributed by atoms with van der Waals surface area (Å²) in [6, 6.07) is 19.1. The Morgan fingerprint density at radius 3 is 2.79 bits per heavy atom. The number of para-hydroxylation sites is 1. The molecular formula is C29H37N3O2. The number of rotatable bonds is 9. The van der Waals surface area contributed by atoms with Crippen molar-refractivity contribution in [2.24, 2.45) is 5.92 Å². The Hall–Kier alpha value is -2.92. The first-order valence-electron chi connectivity index (χ1n) is 12.5. The van der Waals surface area contributed by atoms with Crippen molar-refractivity contribution in [2.45, 2.75) is 58.7 Å². The molecule has 1 aliphatic heterocycles. The molecule has 0 spiro atoms. The number of nitrogens with zero attached hydrogens (tertiary/aromatic N) is 3. The second-order valence-electron chi connectivity index (χ2n) is 9.79. The Morgan fingerprint density at radius 2 is 1.94 bits per heavy atom. The largest absolute Gasteiger partial charge is 0.494 e. The average Bonchev–Trinajstić information content (AvgIpc) is 2.84. The number of hydrogen-bond acceptors (Lipinski definition) is 4. The van der Waals surface area contributed by atoms with Crippen molar-refractivity contribution in [3.05, 3.63) is 71.9 Å². The molecule has 0 radical (unpaired) electrons. The molecule has 0 saturated carbocycles. The maximum Gasteiger partial charge on any atom is 0.225 e. The molecule has 0 aliphatic carbocycles. The van der Waals surface area contributed by atoms with Gasteiger partial charge in [0.05, 0.1) is 12.1 Å². The number of aromatic nitrogens is 1. The van der Waals surface area contributed by atoms with Crippen molar-refractivity contribution in [1.29, 1.82) is 0 Å². The summed E-state index contributed by atoms with van der Waals surface area (Å²) < 4.78 is 6.13. The topological polar surface area (TPSA) is 45.7 Å². The van der Waals surface area contributed by atoms with Gasteiger partial charge in [0.1, 0.15) is 5.75 Å². The normalized spacial score (nSPS) is 16.4. The lowest BCUT2D eigenvalue weighted by Crippen LogP contribution is -2.46. The Morgan fingerprint density at radius 1 is 1.12 bits per heavy atom. The van der Waals surface area contributed by atoms with Gasteiger partial charge < -0.3 is 9.64 Å². The molecular weight excluding hydrogens is 422 g/mol. The highest BCUT2D eigenvalue weighted by Crippen LogP contribution is 2.23. The third-order valence-electron chi connectivity index (χ3n) is 6.63. The van der Waals surface area contributed by atoms with Crippen LogP contribution in [0.3, 0.4) is 0 Å². The van der Waals surface area contributed by atoms with E-state index in [1.807, 2.05) is 32.2 Å². The molecule has 0 bridgehead atoms. The molecule has 1 aliphatic rings. The Kier molecular flexibility index (Phi) is 8.17. The van der Waals surface area contributed by atoms with Gasteiger partial charge in [0.25, 0.3) is 0 Å². The molecule has 0 unspecified atom stereocenters. The lowest BCUT2D eigenvalue weighted by Gasteiger charge is -2.37. The third-order valence-corrected chi connectivity index (χ3v) is 6.63. The summed E-state index contributed by atoms with van der Waals surface area (Å²) in [5, 5.41) is 1.18. The number of carbonyl (C=O) groups is 1. The first kappa shape index (κ1) is 24.2. The van der Waals surface area contributed by atoms with Gasteiger partial charge in [-0.05, 0) is 55.6 Å². The molecule has 5 nitrogen and oxygen atoms in total. The van der Waals surface area contributed by atoms with Crippen molar-refractivity contribution in [1.82, 2.24) is 14.8 Å². The molecule has 2 aromatic carbocycles. The molecule has 180 valence electrons. The van der Waals surface area contributed by atoms with Crippen LogP contribution in [0, 0.1) is 5.92 Å². The Labute approximate surface area is 203 Å². The maximum atomic E-state index is 12.6. The van der Waals surface area contributed by atoms with E-state index >= 15 is 0 Å². The van der Waals surface area contributed by atoms with Crippen LogP contribution in [-0.4, -0.2) is 46.9 Å². The van der Waals surface area contributed by atoms with Gasteiger partial charge >= 0.3 is 0 Å². The van der Waals surface area contributed by atoms with Gasteiger partial charge in [-0.15, -0.1) is 0 Å². The van der Waals surface area contributed by atoms with E-state index in [1.165, 1.54) is 22.9 Å². The van der Waals surface area contributed by atoms with Gasteiger partial charge in [-0.3, -0.25) is 14.7 Å². The fourth-order valence-electron chi connectivity index (χ4n) is 4.92. The minimum absolute atomic E-state index is 0.0554. The zero-order valence-electron chi connectivity index (χ0n) is 20.7. The third kappa shape index (κ3) is 6.15. The van der Waals surface area contributed by atoms with E-state index in [0.717, 1.165) is 50.2 Å². The number of piperidine rings is 1. The molecule has 1 aromatic heterocycles. The monoisotopic (exact) mass is 459 g/mol. The fourth-order valence-corrected chi connectivity index (χ4v) is 4.92. The van der Waals surface area contributed by atoms with Crippen molar-refractivity contribution in [3.63, 3.8) is 0 Å². The van der Waals surface area contributed by atoms with E-state index in [1.54, 1.807) is 0 Å². The summed E-state index contributed by atoms with van der Waals surface area (Å²) >= 11 is 0. The van der Waals surface area contributed by atoms with Crippen LogP contribution >= 0.6 is 0 Å². The molecule has 2 heterocycles. The summed E-state index contributed by atoms with van der Waals surface area (Å²) in [5.74, 6) is 1.23. The van der Waals surface area contributed by atoms with Gasteiger partial charge in [-0.1, -0.05) is 50.2 Å². The van der Waals surface area contributed by atoms with Crippen LogP contribution in [-0.2, 0) is 17.9 Å². The second-order valence-corrected chi connectivity index (χ2v) is 9.79. The predicted molar refractivity (Wildman–Crippen MR) is 138 cm³/mol. The number of fused-ring (bicyclic) bond motifs is 1. The van der Waals surface area contributed by atoms with E-state index in [2.05, 4.69) is 64.3 Å². The number of carbonyl (C=O) groups excluding carboxylic acids is 1. The van der Waals surface area contributed by atoms with Crippen LogP contribution in [0.5, 0.6) is 5.75 Å². The minimum Gasteiger partial charge on any atom is -0.494 e. The summed E-state index contributed by atoms with van der Waals surface area (Å²) in [5.41, 5.74) is 3.53. The molecule has 34 heavy (non-hydrogen) atoms. The van der Waals surface area contributed by atoms with Crippen LogP contribution in [0.25, 0.3) is 10.9 Å². The molecule has 5 heteroatoms. The number of benzene rings is 2. The maximum absolute atomic E-state index is 12.6. The van der Waals surface area contributed by atoms with Gasteiger partial charge in [-0.2, -0.15) is 0 Å². The zero-order valence-corrected chi connectivity index (χ0v) is 20.7. The predicted octanol–water partition coefficient (Wildman–Crippen LogP) is 5.67. The van der Waals surface area contributed by atoms with Crippen molar-refractivity contribution >= 4 is 16.8 Å². The number of pyridine rings is 1. The van der Waals surface area contributed by atoms with Crippen LogP contribution in [0.1, 0.15) is 50.7 Å². The molecule has 1 fully saturated rings. The fraction of sp³-hybridized carbons (Fsp3) is 0.448. The van der Waals surface area contributed by atoms with Gasteiger partial charge in [-0.25, -0.2) is 0 Å². The van der Waals surface area contributed by atoms with Crippen LogP contribution in [0.4, 0.5) is 0 Å². The smallest absolute Gasteiger partial charge is 0.225 e. The van der Waals surface area contributed by atoms with Gasteiger partial charge in [0, 0.05) is 49.6 Å². The molecule has 1 amide bonds. The minimum atomic E-state index is 0.0554. The van der Waals surface area contributed by atoms with Crippen molar-refractivity contribution in [3.8, 4) is 5.75 Å². The molecule has 1 atom stereocenters. The first-order chi connectivity index (χ1) is 16.5. The van der Waals surface area contributed by atoms with E-state index in [-0.39, 0.29) is 11.8 Å². The number of ether oxygens (including phenoxy) is 1. The van der Waals surface area contributed by atoms with Crippen molar-refractivity contribution < 1.29 is 9.53 Å². The zero-order chi connectivity index (χ0) is 23.9. The second kappa shape index (κ2) is 11.5. The van der Waals surface area contributed by atoms with Crippen molar-refractivity contribution in [2.75, 3.05) is 20.2 Å². The summed E-state index contributed by atoms with van der Waals surface area (Å²) in [6.07, 6.45) is 6.13. The number of likely N-dealkylation sites (tertiary alicyclic amines) is 1. The summed E-state index contributed by atoms with van der Waals surface area (Å²) in [4.78, 5) is 21.5. The molecule has 3 aromatic rings. The average molecular weight is 460 g/mol. The summed E-state index contributed by atoms with van der Waals surface area (Å²) in [7, 11) is 2.14. The van der Waals surface area contributed by atoms with Crippen LogP contribution in [0.15, 0.2) is 60.8 Å². The lowest BCUT2D eigenvalue weighted by atomic mass is 9.98. The first-order valence-corrected chi connectivity index (χ1v) is 12.5. The highest BCUT2D eigenvalue weighted by molar-refractivity contribution is 5.81. The van der Waals surface area contributed by atoms with E-state index in [0.29, 0.717) is 12.6 Å².